The van der Waals surface area contributed by atoms with Crippen molar-refractivity contribution in [2.45, 2.75) is 32.4 Å². The molecule has 1 aromatic rings. The second-order valence-electron chi connectivity index (χ2n) is 5.89. The summed E-state index contributed by atoms with van der Waals surface area (Å²) in [6, 6.07) is 2.70. The van der Waals surface area contributed by atoms with E-state index in [1.165, 1.54) is 12.1 Å². The van der Waals surface area contributed by atoms with E-state index in [2.05, 4.69) is 4.90 Å². The minimum atomic E-state index is -4.35. The minimum Gasteiger partial charge on any atom is -0.379 e. The topological polar surface area (TPSA) is 12.5 Å². The van der Waals surface area contributed by atoms with Crippen molar-refractivity contribution < 1.29 is 17.9 Å². The summed E-state index contributed by atoms with van der Waals surface area (Å²) < 4.78 is 45.0. The fourth-order valence-corrected chi connectivity index (χ4v) is 2.92. The third-order valence-corrected chi connectivity index (χ3v) is 4.30. The van der Waals surface area contributed by atoms with Crippen LogP contribution in [-0.4, -0.2) is 37.7 Å². The van der Waals surface area contributed by atoms with Gasteiger partial charge in [0.05, 0.1) is 18.8 Å². The summed E-state index contributed by atoms with van der Waals surface area (Å²) in [6.45, 7) is 7.16. The second-order valence-corrected chi connectivity index (χ2v) is 6.29. The van der Waals surface area contributed by atoms with E-state index in [0.29, 0.717) is 36.8 Å². The molecule has 124 valence electrons. The molecule has 0 unspecified atom stereocenters. The number of ether oxygens (including phenoxy) is 1. The molecule has 0 aromatic heterocycles. The third-order valence-electron chi connectivity index (χ3n) is 3.95. The molecule has 2 rings (SSSR count). The zero-order chi connectivity index (χ0) is 16.3. The SMILES string of the molecule is CC(C)c1cc(Cl)c(CCN2CCOCC2)cc1C(F)(F)F. The summed E-state index contributed by atoms with van der Waals surface area (Å²) in [5.74, 6) is -0.220. The van der Waals surface area contributed by atoms with E-state index in [0.717, 1.165) is 13.1 Å². The lowest BCUT2D eigenvalue weighted by molar-refractivity contribution is -0.138. The van der Waals surface area contributed by atoms with Gasteiger partial charge in [0.2, 0.25) is 0 Å². The van der Waals surface area contributed by atoms with E-state index in [4.69, 9.17) is 16.3 Å². The van der Waals surface area contributed by atoms with Crippen LogP contribution < -0.4 is 0 Å². The van der Waals surface area contributed by atoms with Crippen LogP contribution in [-0.2, 0) is 17.3 Å². The zero-order valence-electron chi connectivity index (χ0n) is 12.8. The minimum absolute atomic E-state index is 0.220. The van der Waals surface area contributed by atoms with Crippen LogP contribution in [0.3, 0.4) is 0 Å². The monoisotopic (exact) mass is 335 g/mol. The van der Waals surface area contributed by atoms with Crippen molar-refractivity contribution in [2.75, 3.05) is 32.8 Å². The highest BCUT2D eigenvalue weighted by molar-refractivity contribution is 6.31. The van der Waals surface area contributed by atoms with Gasteiger partial charge >= 0.3 is 6.18 Å². The fourth-order valence-electron chi connectivity index (χ4n) is 2.65. The maximum absolute atomic E-state index is 13.2. The largest absolute Gasteiger partial charge is 0.416 e. The van der Waals surface area contributed by atoms with Gasteiger partial charge in [-0.15, -0.1) is 0 Å². The molecular formula is C16H21ClF3NO. The molecule has 1 aromatic carbocycles. The first kappa shape index (κ1) is 17.6. The predicted octanol–water partition coefficient (Wildman–Crippen LogP) is 4.36. The van der Waals surface area contributed by atoms with Gasteiger partial charge in [-0.05, 0) is 35.6 Å². The number of nitrogens with zero attached hydrogens (tertiary/aromatic N) is 1. The normalized spacial score (nSPS) is 17.2. The maximum atomic E-state index is 13.2. The van der Waals surface area contributed by atoms with Crippen LogP contribution >= 0.6 is 11.6 Å². The van der Waals surface area contributed by atoms with Crippen LogP contribution in [0.15, 0.2) is 12.1 Å². The van der Waals surface area contributed by atoms with E-state index < -0.39 is 11.7 Å². The first-order valence-corrected chi connectivity index (χ1v) is 7.86. The second kappa shape index (κ2) is 7.20. The first-order valence-electron chi connectivity index (χ1n) is 7.48. The number of alkyl halides is 3. The molecular weight excluding hydrogens is 315 g/mol. The van der Waals surface area contributed by atoms with Gasteiger partial charge in [-0.25, -0.2) is 0 Å². The smallest absolute Gasteiger partial charge is 0.379 e. The molecule has 6 heteroatoms. The van der Waals surface area contributed by atoms with Crippen LogP contribution in [0.2, 0.25) is 5.02 Å². The van der Waals surface area contributed by atoms with Gasteiger partial charge in [0.1, 0.15) is 0 Å². The van der Waals surface area contributed by atoms with Crippen molar-refractivity contribution in [3.8, 4) is 0 Å². The lowest BCUT2D eigenvalue weighted by atomic mass is 9.94. The molecule has 0 aliphatic carbocycles. The van der Waals surface area contributed by atoms with E-state index in [1.54, 1.807) is 13.8 Å². The molecule has 0 atom stereocenters. The Kier molecular flexibility index (Phi) is 5.75. The van der Waals surface area contributed by atoms with Gasteiger partial charge in [0, 0.05) is 24.7 Å². The summed E-state index contributed by atoms with van der Waals surface area (Å²) in [6.07, 6.45) is -3.84. The Morgan fingerprint density at radius 2 is 1.86 bits per heavy atom. The fraction of sp³-hybridized carbons (Fsp3) is 0.625. The molecule has 0 N–H and O–H groups in total. The molecule has 1 aliphatic rings. The lowest BCUT2D eigenvalue weighted by Gasteiger charge is -2.27. The molecule has 1 heterocycles. The van der Waals surface area contributed by atoms with Gasteiger partial charge in [0.25, 0.3) is 0 Å². The highest BCUT2D eigenvalue weighted by atomic mass is 35.5. The quantitative estimate of drug-likeness (QED) is 0.810. The van der Waals surface area contributed by atoms with E-state index in [9.17, 15) is 13.2 Å². The van der Waals surface area contributed by atoms with Gasteiger partial charge in [0.15, 0.2) is 0 Å². The summed E-state index contributed by atoms with van der Waals surface area (Å²) in [4.78, 5) is 2.18. The van der Waals surface area contributed by atoms with Crippen LogP contribution in [0.4, 0.5) is 13.2 Å². The number of rotatable bonds is 4. The van der Waals surface area contributed by atoms with Crippen LogP contribution in [0.5, 0.6) is 0 Å². The molecule has 0 radical (unpaired) electrons. The van der Waals surface area contributed by atoms with Gasteiger partial charge in [-0.2, -0.15) is 13.2 Å². The molecule has 0 bridgehead atoms. The predicted molar refractivity (Wildman–Crippen MR) is 81.5 cm³/mol. The Morgan fingerprint density at radius 3 is 2.41 bits per heavy atom. The van der Waals surface area contributed by atoms with Crippen molar-refractivity contribution in [1.82, 2.24) is 4.90 Å². The standard InChI is InChI=1S/C16H21ClF3NO/c1-11(2)13-10-15(17)12(9-14(13)16(18,19)20)3-4-21-5-7-22-8-6-21/h9-11H,3-8H2,1-2H3. The molecule has 0 saturated carbocycles. The van der Waals surface area contributed by atoms with Crippen molar-refractivity contribution in [2.24, 2.45) is 0 Å². The van der Waals surface area contributed by atoms with E-state index >= 15 is 0 Å². The number of hydrogen-bond donors (Lipinski definition) is 0. The third kappa shape index (κ3) is 4.37. The molecule has 0 spiro atoms. The van der Waals surface area contributed by atoms with Crippen molar-refractivity contribution in [3.05, 3.63) is 33.8 Å². The summed E-state index contributed by atoms with van der Waals surface area (Å²) >= 11 is 6.20. The van der Waals surface area contributed by atoms with Gasteiger partial charge in [-0.1, -0.05) is 25.4 Å². The van der Waals surface area contributed by atoms with Crippen LogP contribution in [0, 0.1) is 0 Å². The highest BCUT2D eigenvalue weighted by Gasteiger charge is 2.34. The summed E-state index contributed by atoms with van der Waals surface area (Å²) in [5.41, 5.74) is 0.251. The molecule has 0 amide bonds. The van der Waals surface area contributed by atoms with E-state index in [-0.39, 0.29) is 11.5 Å². The Bertz CT molecular complexity index is 511. The Balaban J connectivity index is 2.20. The molecule has 2 nitrogen and oxygen atoms in total. The zero-order valence-corrected chi connectivity index (χ0v) is 13.6. The molecule has 1 saturated heterocycles. The average Bonchev–Trinajstić information content (AvgIpc) is 2.45. The number of benzene rings is 1. The number of hydrogen-bond acceptors (Lipinski definition) is 2. The van der Waals surface area contributed by atoms with Gasteiger partial charge < -0.3 is 4.74 Å². The number of morpholine rings is 1. The molecule has 1 fully saturated rings. The van der Waals surface area contributed by atoms with Crippen molar-refractivity contribution >= 4 is 11.6 Å². The Morgan fingerprint density at radius 1 is 1.23 bits per heavy atom. The van der Waals surface area contributed by atoms with E-state index in [1.807, 2.05) is 0 Å². The number of halogens is 4. The molecule has 1 aliphatic heterocycles. The average molecular weight is 336 g/mol. The van der Waals surface area contributed by atoms with Crippen molar-refractivity contribution in [3.63, 3.8) is 0 Å². The molecule has 22 heavy (non-hydrogen) atoms. The van der Waals surface area contributed by atoms with Crippen LogP contribution in [0.1, 0.15) is 36.5 Å². The Hall–Kier alpha value is -0.780. The maximum Gasteiger partial charge on any atom is 0.416 e. The van der Waals surface area contributed by atoms with Gasteiger partial charge in [-0.3, -0.25) is 4.90 Å². The van der Waals surface area contributed by atoms with Crippen LogP contribution in [0.25, 0.3) is 0 Å². The lowest BCUT2D eigenvalue weighted by Crippen LogP contribution is -2.37. The summed E-state index contributed by atoms with van der Waals surface area (Å²) in [5, 5.41) is 0.421. The summed E-state index contributed by atoms with van der Waals surface area (Å²) in [7, 11) is 0. The Labute approximate surface area is 134 Å². The highest BCUT2D eigenvalue weighted by Crippen LogP contribution is 2.38. The van der Waals surface area contributed by atoms with Crippen molar-refractivity contribution in [1.29, 1.82) is 0 Å². The first-order chi connectivity index (χ1) is 10.3.